The van der Waals surface area contributed by atoms with Gasteiger partial charge >= 0.3 is 0 Å². The highest BCUT2D eigenvalue weighted by Gasteiger charge is 2.25. The SMILES string of the molecule is CC(C)CNCc1ccc(SC2CCCC2O)cc1. The maximum atomic E-state index is 9.84. The van der Waals surface area contributed by atoms with Gasteiger partial charge in [-0.1, -0.05) is 26.0 Å². The van der Waals surface area contributed by atoms with Gasteiger partial charge in [0.05, 0.1) is 6.10 Å². The monoisotopic (exact) mass is 279 g/mol. The lowest BCUT2D eigenvalue weighted by Crippen LogP contribution is -2.18. The zero-order chi connectivity index (χ0) is 13.7. The molecule has 0 radical (unpaired) electrons. The molecule has 0 heterocycles. The summed E-state index contributed by atoms with van der Waals surface area (Å²) in [6.07, 6.45) is 3.16. The molecular formula is C16H25NOS. The van der Waals surface area contributed by atoms with Crippen molar-refractivity contribution in [1.29, 1.82) is 0 Å². The number of thioether (sulfide) groups is 1. The van der Waals surface area contributed by atoms with Crippen LogP contribution in [0.4, 0.5) is 0 Å². The van der Waals surface area contributed by atoms with Crippen molar-refractivity contribution in [3.8, 4) is 0 Å². The van der Waals surface area contributed by atoms with Crippen molar-refractivity contribution < 1.29 is 5.11 Å². The molecule has 1 saturated carbocycles. The highest BCUT2D eigenvalue weighted by Crippen LogP contribution is 2.34. The van der Waals surface area contributed by atoms with Gasteiger partial charge in [-0.05, 0) is 49.4 Å². The van der Waals surface area contributed by atoms with E-state index in [2.05, 4.69) is 43.4 Å². The molecule has 2 nitrogen and oxygen atoms in total. The van der Waals surface area contributed by atoms with Crippen LogP contribution in [0.3, 0.4) is 0 Å². The minimum atomic E-state index is -0.114. The van der Waals surface area contributed by atoms with Crippen molar-refractivity contribution >= 4 is 11.8 Å². The van der Waals surface area contributed by atoms with Gasteiger partial charge in [0.1, 0.15) is 0 Å². The minimum Gasteiger partial charge on any atom is -0.392 e. The molecule has 1 aromatic rings. The maximum absolute atomic E-state index is 9.84. The summed E-state index contributed by atoms with van der Waals surface area (Å²) >= 11 is 1.83. The first-order valence-corrected chi connectivity index (χ1v) is 8.17. The molecule has 2 rings (SSSR count). The van der Waals surface area contributed by atoms with Gasteiger partial charge in [-0.2, -0.15) is 0 Å². The van der Waals surface area contributed by atoms with Crippen molar-refractivity contribution in [2.45, 2.75) is 55.9 Å². The molecule has 19 heavy (non-hydrogen) atoms. The second kappa shape index (κ2) is 7.32. The number of rotatable bonds is 6. The lowest BCUT2D eigenvalue weighted by molar-refractivity contribution is 0.188. The molecule has 2 unspecified atom stereocenters. The molecule has 106 valence electrons. The van der Waals surface area contributed by atoms with Crippen molar-refractivity contribution in [2.75, 3.05) is 6.54 Å². The highest BCUT2D eigenvalue weighted by molar-refractivity contribution is 8.00. The van der Waals surface area contributed by atoms with Crippen LogP contribution in [-0.2, 0) is 6.54 Å². The predicted octanol–water partition coefficient (Wildman–Crippen LogP) is 3.44. The zero-order valence-electron chi connectivity index (χ0n) is 11.9. The van der Waals surface area contributed by atoms with E-state index in [-0.39, 0.29) is 6.10 Å². The fraction of sp³-hybridized carbons (Fsp3) is 0.625. The van der Waals surface area contributed by atoms with E-state index in [1.807, 2.05) is 11.8 Å². The molecule has 1 aliphatic carbocycles. The molecule has 0 amide bonds. The quantitative estimate of drug-likeness (QED) is 0.836. The van der Waals surface area contributed by atoms with Gasteiger partial charge in [-0.3, -0.25) is 0 Å². The van der Waals surface area contributed by atoms with Crippen LogP contribution in [0.5, 0.6) is 0 Å². The number of aliphatic hydroxyl groups excluding tert-OH is 1. The van der Waals surface area contributed by atoms with Crippen LogP contribution in [0.15, 0.2) is 29.2 Å². The van der Waals surface area contributed by atoms with Crippen LogP contribution < -0.4 is 5.32 Å². The topological polar surface area (TPSA) is 32.3 Å². The Bertz CT molecular complexity index is 377. The molecule has 0 aliphatic heterocycles. The number of benzene rings is 1. The van der Waals surface area contributed by atoms with Crippen LogP contribution >= 0.6 is 11.8 Å². The fourth-order valence-electron chi connectivity index (χ4n) is 2.41. The summed E-state index contributed by atoms with van der Waals surface area (Å²) in [4.78, 5) is 1.28. The number of hydrogen-bond acceptors (Lipinski definition) is 3. The van der Waals surface area contributed by atoms with E-state index < -0.39 is 0 Å². The Labute approximate surface area is 121 Å². The Balaban J connectivity index is 1.81. The summed E-state index contributed by atoms with van der Waals surface area (Å²) < 4.78 is 0. The van der Waals surface area contributed by atoms with Crippen molar-refractivity contribution in [1.82, 2.24) is 5.32 Å². The van der Waals surface area contributed by atoms with Gasteiger partial charge in [-0.15, -0.1) is 11.8 Å². The molecule has 3 heteroatoms. The Morgan fingerprint density at radius 2 is 2.00 bits per heavy atom. The Hall–Kier alpha value is -0.510. The van der Waals surface area contributed by atoms with Crippen LogP contribution in [0.25, 0.3) is 0 Å². The summed E-state index contributed by atoms with van der Waals surface area (Å²) in [6, 6.07) is 8.75. The first kappa shape index (κ1) is 14.9. The maximum Gasteiger partial charge on any atom is 0.0662 e. The van der Waals surface area contributed by atoms with E-state index in [9.17, 15) is 5.11 Å². The number of nitrogens with one attached hydrogen (secondary N) is 1. The third kappa shape index (κ3) is 4.83. The predicted molar refractivity (Wildman–Crippen MR) is 82.5 cm³/mol. The molecule has 0 saturated heterocycles. The molecule has 0 aromatic heterocycles. The van der Waals surface area contributed by atoms with Gasteiger partial charge in [0.2, 0.25) is 0 Å². The molecule has 2 atom stereocenters. The fourth-order valence-corrected chi connectivity index (χ4v) is 3.63. The largest absolute Gasteiger partial charge is 0.392 e. The normalized spacial score (nSPS) is 23.2. The average Bonchev–Trinajstić information content (AvgIpc) is 2.77. The standard InChI is InChI=1S/C16H25NOS/c1-12(2)10-17-11-13-6-8-14(9-7-13)19-16-5-3-4-15(16)18/h6-9,12,15-18H,3-5,10-11H2,1-2H3. The highest BCUT2D eigenvalue weighted by atomic mass is 32.2. The second-order valence-corrected chi connectivity index (χ2v) is 7.14. The molecule has 2 N–H and O–H groups in total. The van der Waals surface area contributed by atoms with Crippen LogP contribution in [-0.4, -0.2) is 23.0 Å². The average molecular weight is 279 g/mol. The molecule has 1 aromatic carbocycles. The third-order valence-corrected chi connectivity index (χ3v) is 4.91. The first-order chi connectivity index (χ1) is 9.15. The van der Waals surface area contributed by atoms with Gasteiger partial charge in [0, 0.05) is 16.7 Å². The summed E-state index contributed by atoms with van der Waals surface area (Å²) in [5, 5.41) is 13.7. The van der Waals surface area contributed by atoms with Crippen LogP contribution in [0, 0.1) is 5.92 Å². The van der Waals surface area contributed by atoms with Crippen LogP contribution in [0.1, 0.15) is 38.7 Å². The lowest BCUT2D eigenvalue weighted by atomic mass is 10.2. The molecule has 0 spiro atoms. The van der Waals surface area contributed by atoms with E-state index in [0.29, 0.717) is 11.2 Å². The van der Waals surface area contributed by atoms with Gasteiger partial charge in [-0.25, -0.2) is 0 Å². The molecule has 1 fully saturated rings. The molecular weight excluding hydrogens is 254 g/mol. The Kier molecular flexibility index (Phi) is 5.74. The second-order valence-electron chi connectivity index (χ2n) is 5.82. The number of hydrogen-bond donors (Lipinski definition) is 2. The number of aliphatic hydroxyl groups is 1. The van der Waals surface area contributed by atoms with E-state index in [4.69, 9.17) is 0 Å². The van der Waals surface area contributed by atoms with Crippen molar-refractivity contribution in [2.24, 2.45) is 5.92 Å². The summed E-state index contributed by atoms with van der Waals surface area (Å²) in [6.45, 7) is 6.44. The Morgan fingerprint density at radius 3 is 2.58 bits per heavy atom. The van der Waals surface area contributed by atoms with E-state index in [1.54, 1.807) is 0 Å². The Morgan fingerprint density at radius 1 is 1.26 bits per heavy atom. The third-order valence-electron chi connectivity index (χ3n) is 3.51. The summed E-state index contributed by atoms with van der Waals surface area (Å²) in [5.74, 6) is 0.693. The van der Waals surface area contributed by atoms with Crippen LogP contribution in [0.2, 0.25) is 0 Å². The zero-order valence-corrected chi connectivity index (χ0v) is 12.7. The van der Waals surface area contributed by atoms with Crippen molar-refractivity contribution in [3.63, 3.8) is 0 Å². The molecule has 1 aliphatic rings. The summed E-state index contributed by atoms with van der Waals surface area (Å²) in [7, 11) is 0. The van der Waals surface area contributed by atoms with Gasteiger partial charge in [0.25, 0.3) is 0 Å². The minimum absolute atomic E-state index is 0.114. The van der Waals surface area contributed by atoms with Gasteiger partial charge < -0.3 is 10.4 Å². The first-order valence-electron chi connectivity index (χ1n) is 7.29. The van der Waals surface area contributed by atoms with Gasteiger partial charge in [0.15, 0.2) is 0 Å². The van der Waals surface area contributed by atoms with Crippen molar-refractivity contribution in [3.05, 3.63) is 29.8 Å². The van der Waals surface area contributed by atoms with E-state index in [1.165, 1.54) is 10.5 Å². The molecule has 0 bridgehead atoms. The van der Waals surface area contributed by atoms with E-state index >= 15 is 0 Å². The lowest BCUT2D eigenvalue weighted by Gasteiger charge is -2.14. The smallest absolute Gasteiger partial charge is 0.0662 e. The van der Waals surface area contributed by atoms with E-state index in [0.717, 1.165) is 32.4 Å². The summed E-state index contributed by atoms with van der Waals surface area (Å²) in [5.41, 5.74) is 1.33.